The predicted octanol–water partition coefficient (Wildman–Crippen LogP) is -0.588. The molecule has 0 spiro atoms. The molecule has 0 amide bonds. The molecule has 1 heterocycles. The van der Waals surface area contributed by atoms with E-state index in [1.165, 1.54) is 17.3 Å². The summed E-state index contributed by atoms with van der Waals surface area (Å²) in [6.07, 6.45) is 7.83. The lowest BCUT2D eigenvalue weighted by Crippen LogP contribution is -2.03. The molecule has 0 saturated carbocycles. The summed E-state index contributed by atoms with van der Waals surface area (Å²) < 4.78 is 1.47. The monoisotopic (exact) mass is 108 g/mol. The number of hydrogen-bond donors (Lipinski definition) is 1. The number of rotatable bonds is 1. The molecule has 1 aromatic heterocycles. The maximum Gasteiger partial charge on any atom is 0.139 e. The molecule has 1 rings (SSSR count). The van der Waals surface area contributed by atoms with Gasteiger partial charge >= 0.3 is 0 Å². The second-order valence-corrected chi connectivity index (χ2v) is 1.13. The Kier molecular flexibility index (Phi) is 1.15. The van der Waals surface area contributed by atoms with E-state index in [1.54, 1.807) is 0 Å². The first-order chi connectivity index (χ1) is 3.93. The van der Waals surface area contributed by atoms with Gasteiger partial charge in [0.1, 0.15) is 12.7 Å². The first-order valence-electron chi connectivity index (χ1n) is 2.00. The largest absolute Gasteiger partial charge is 0.250 e. The van der Waals surface area contributed by atoms with Gasteiger partial charge in [0.2, 0.25) is 0 Å². The van der Waals surface area contributed by atoms with E-state index in [0.29, 0.717) is 0 Å². The van der Waals surface area contributed by atoms with Crippen LogP contribution in [0.3, 0.4) is 0 Å². The van der Waals surface area contributed by atoms with E-state index >= 15 is 0 Å². The average molecular weight is 108 g/mol. The van der Waals surface area contributed by atoms with Crippen molar-refractivity contribution in [2.75, 3.05) is 5.43 Å². The third kappa shape index (κ3) is 0.763. The van der Waals surface area contributed by atoms with Gasteiger partial charge < -0.3 is 0 Å². The van der Waals surface area contributed by atoms with Crippen LogP contribution in [0.2, 0.25) is 0 Å². The van der Waals surface area contributed by atoms with Gasteiger partial charge in [0.15, 0.2) is 0 Å². The summed E-state index contributed by atoms with van der Waals surface area (Å²) in [5.41, 5.74) is 2.51. The van der Waals surface area contributed by atoms with Crippen LogP contribution >= 0.6 is 0 Å². The quantitative estimate of drug-likeness (QED) is 0.386. The molecule has 4 nitrogen and oxygen atoms in total. The molecule has 1 N–H and O–H groups in total. The molecule has 0 aromatic carbocycles. The standard InChI is InChI=1S/C4H4N4/c1-2-7-8-3-5-6-4-8/h1,3-4,7H. The highest BCUT2D eigenvalue weighted by Gasteiger charge is 1.78. The Morgan fingerprint density at radius 3 is 2.62 bits per heavy atom. The van der Waals surface area contributed by atoms with Crippen molar-refractivity contribution in [2.24, 2.45) is 0 Å². The van der Waals surface area contributed by atoms with Crippen LogP contribution in [0.15, 0.2) is 12.7 Å². The molecule has 0 saturated heterocycles. The molecule has 0 unspecified atom stereocenters. The van der Waals surface area contributed by atoms with Gasteiger partial charge in [0, 0.05) is 6.04 Å². The van der Waals surface area contributed by atoms with Crippen molar-refractivity contribution in [3.8, 4) is 12.5 Å². The number of nitrogens with zero attached hydrogens (tertiary/aromatic N) is 3. The van der Waals surface area contributed by atoms with Crippen LogP contribution < -0.4 is 5.43 Å². The molecule has 0 fully saturated rings. The molecule has 4 heteroatoms. The highest BCUT2D eigenvalue weighted by molar-refractivity contribution is 4.95. The van der Waals surface area contributed by atoms with E-state index in [-0.39, 0.29) is 0 Å². The van der Waals surface area contributed by atoms with Crippen LogP contribution in [0.1, 0.15) is 0 Å². The highest BCUT2D eigenvalue weighted by Crippen LogP contribution is 1.69. The van der Waals surface area contributed by atoms with E-state index in [9.17, 15) is 0 Å². The molecule has 0 radical (unpaired) electrons. The Morgan fingerprint density at radius 1 is 1.50 bits per heavy atom. The molecular weight excluding hydrogens is 104 g/mol. The van der Waals surface area contributed by atoms with Gasteiger partial charge in [0.05, 0.1) is 0 Å². The van der Waals surface area contributed by atoms with E-state index in [1.807, 2.05) is 0 Å². The molecule has 0 aliphatic heterocycles. The number of terminal acetylenes is 1. The zero-order valence-electron chi connectivity index (χ0n) is 4.07. The maximum absolute atomic E-state index is 4.88. The Labute approximate surface area is 46.5 Å². The first kappa shape index (κ1) is 4.65. The summed E-state index contributed by atoms with van der Waals surface area (Å²) in [6.45, 7) is 0. The van der Waals surface area contributed by atoms with E-state index in [0.717, 1.165) is 0 Å². The first-order valence-corrected chi connectivity index (χ1v) is 2.00. The lowest BCUT2D eigenvalue weighted by Gasteiger charge is -1.90. The van der Waals surface area contributed by atoms with Crippen molar-refractivity contribution in [1.82, 2.24) is 14.9 Å². The van der Waals surface area contributed by atoms with Gasteiger partial charge in [-0.2, -0.15) is 0 Å². The second-order valence-electron chi connectivity index (χ2n) is 1.13. The number of hydrogen-bond acceptors (Lipinski definition) is 3. The minimum Gasteiger partial charge on any atom is -0.250 e. The van der Waals surface area contributed by atoms with Crippen molar-refractivity contribution in [3.05, 3.63) is 12.7 Å². The maximum atomic E-state index is 4.88. The smallest absolute Gasteiger partial charge is 0.139 e. The fourth-order valence-electron chi connectivity index (χ4n) is 0.333. The Balaban J connectivity index is 2.67. The van der Waals surface area contributed by atoms with Crippen molar-refractivity contribution in [3.63, 3.8) is 0 Å². The normalized spacial score (nSPS) is 7.88. The summed E-state index contributed by atoms with van der Waals surface area (Å²) >= 11 is 0. The van der Waals surface area contributed by atoms with Crippen molar-refractivity contribution in [2.45, 2.75) is 0 Å². The molecule has 0 aliphatic rings. The Hall–Kier alpha value is -1.50. The summed E-state index contributed by atoms with van der Waals surface area (Å²) in [6, 6.07) is 2.20. The minimum atomic E-state index is 1.47. The zero-order valence-corrected chi connectivity index (χ0v) is 4.07. The summed E-state index contributed by atoms with van der Waals surface area (Å²) in [5.74, 6) is 0. The Morgan fingerprint density at radius 2 is 2.12 bits per heavy atom. The lowest BCUT2D eigenvalue weighted by molar-refractivity contribution is 0.963. The highest BCUT2D eigenvalue weighted by atomic mass is 15.4. The van der Waals surface area contributed by atoms with E-state index in [4.69, 9.17) is 6.42 Å². The lowest BCUT2D eigenvalue weighted by atomic mass is 11.1. The molecule has 0 bridgehead atoms. The van der Waals surface area contributed by atoms with Crippen LogP contribution in [-0.2, 0) is 0 Å². The fraction of sp³-hybridized carbons (Fsp3) is 0. The second kappa shape index (κ2) is 1.98. The predicted molar refractivity (Wildman–Crippen MR) is 28.2 cm³/mol. The zero-order chi connectivity index (χ0) is 5.82. The van der Waals surface area contributed by atoms with Gasteiger partial charge in [-0.3, -0.25) is 0 Å². The number of nitrogens with one attached hydrogen (secondary N) is 1. The SMILES string of the molecule is C#CNn1cnnc1. The molecular formula is C4H4N4. The number of aromatic nitrogens is 3. The van der Waals surface area contributed by atoms with Gasteiger partial charge in [-0.15, -0.1) is 10.2 Å². The Bertz CT molecular complexity index is 182. The van der Waals surface area contributed by atoms with Crippen molar-refractivity contribution < 1.29 is 0 Å². The minimum absolute atomic E-state index is 1.47. The average Bonchev–Trinajstić information content (AvgIpc) is 2.19. The molecule has 40 valence electrons. The van der Waals surface area contributed by atoms with Crippen LogP contribution in [-0.4, -0.2) is 14.9 Å². The summed E-state index contributed by atoms with van der Waals surface area (Å²) in [4.78, 5) is 0. The topological polar surface area (TPSA) is 42.7 Å². The van der Waals surface area contributed by atoms with Crippen LogP contribution in [0, 0.1) is 12.5 Å². The molecule has 0 aliphatic carbocycles. The van der Waals surface area contributed by atoms with Crippen molar-refractivity contribution in [1.29, 1.82) is 0 Å². The van der Waals surface area contributed by atoms with E-state index < -0.39 is 0 Å². The third-order valence-electron chi connectivity index (χ3n) is 0.612. The van der Waals surface area contributed by atoms with Crippen LogP contribution in [0.4, 0.5) is 0 Å². The summed E-state index contributed by atoms with van der Waals surface area (Å²) in [7, 11) is 0. The molecule has 1 aromatic rings. The molecule has 8 heavy (non-hydrogen) atoms. The van der Waals surface area contributed by atoms with E-state index in [2.05, 4.69) is 21.7 Å². The van der Waals surface area contributed by atoms with Crippen LogP contribution in [0.25, 0.3) is 0 Å². The van der Waals surface area contributed by atoms with Gasteiger partial charge in [-0.1, -0.05) is 6.42 Å². The van der Waals surface area contributed by atoms with Crippen molar-refractivity contribution >= 4 is 0 Å². The molecule has 0 atom stereocenters. The fourth-order valence-corrected chi connectivity index (χ4v) is 0.333. The van der Waals surface area contributed by atoms with Gasteiger partial charge in [0.25, 0.3) is 0 Å². The summed E-state index contributed by atoms with van der Waals surface area (Å²) in [5, 5.41) is 6.99. The van der Waals surface area contributed by atoms with Gasteiger partial charge in [-0.05, 0) is 0 Å². The third-order valence-corrected chi connectivity index (χ3v) is 0.612. The van der Waals surface area contributed by atoms with Crippen LogP contribution in [0.5, 0.6) is 0 Å². The van der Waals surface area contributed by atoms with Gasteiger partial charge in [-0.25, -0.2) is 10.1 Å².